The van der Waals surface area contributed by atoms with Crippen LogP contribution in [0.25, 0.3) is 0 Å². The maximum atomic E-state index is 12.6. The fourth-order valence-electron chi connectivity index (χ4n) is 4.13. The molecule has 0 aromatic rings. The lowest BCUT2D eigenvalue weighted by Gasteiger charge is -2.52. The standard InChI is InChI=1S/C20H39NO4Si/c1-14-16-10-15(11-24-26(8,9)19(5,6)7)20(16,13-22)12-21(14)17(23)25-18(2,3)4/h14-16,22H,10-13H2,1-9H3/t14-,15-,16-,20+/m0/s1. The maximum absolute atomic E-state index is 12.6. The number of aliphatic hydroxyl groups excluding tert-OH is 1. The van der Waals surface area contributed by atoms with Crippen molar-refractivity contribution < 1.29 is 19.1 Å². The number of likely N-dealkylation sites (tertiary alicyclic amines) is 1. The number of carbonyl (C=O) groups is 1. The molecule has 0 aromatic heterocycles. The quantitative estimate of drug-likeness (QED) is 0.735. The Morgan fingerprint density at radius 2 is 1.81 bits per heavy atom. The van der Waals surface area contributed by atoms with Gasteiger partial charge in [0.15, 0.2) is 8.32 Å². The van der Waals surface area contributed by atoms with Gasteiger partial charge < -0.3 is 19.2 Å². The van der Waals surface area contributed by atoms with Gasteiger partial charge in [-0.25, -0.2) is 4.79 Å². The van der Waals surface area contributed by atoms with Crippen molar-refractivity contribution in [1.82, 2.24) is 4.90 Å². The Bertz CT molecular complexity index is 537. The minimum Gasteiger partial charge on any atom is -0.444 e. The summed E-state index contributed by atoms with van der Waals surface area (Å²) >= 11 is 0. The van der Waals surface area contributed by atoms with Gasteiger partial charge in [-0.15, -0.1) is 0 Å². The SMILES string of the molecule is C[C@H]1[C@@H]2C[C@@H](CO[Si](C)(C)C(C)(C)C)[C@]2(CO)CN1C(=O)OC(C)(C)C. The molecule has 2 rings (SSSR count). The average molecular weight is 386 g/mol. The molecule has 4 atom stereocenters. The third kappa shape index (κ3) is 3.83. The van der Waals surface area contributed by atoms with E-state index in [4.69, 9.17) is 9.16 Å². The Hall–Kier alpha value is -0.593. The van der Waals surface area contributed by atoms with Gasteiger partial charge in [0.1, 0.15) is 5.60 Å². The first-order valence-corrected chi connectivity index (χ1v) is 12.8. The lowest BCUT2D eigenvalue weighted by Crippen LogP contribution is -2.55. The Kier molecular flexibility index (Phi) is 5.66. The molecule has 1 aliphatic heterocycles. The Balaban J connectivity index is 2.07. The highest BCUT2D eigenvalue weighted by Gasteiger charge is 2.63. The van der Waals surface area contributed by atoms with Crippen LogP contribution in [0.3, 0.4) is 0 Å². The topological polar surface area (TPSA) is 59.0 Å². The van der Waals surface area contributed by atoms with Crippen LogP contribution in [0.5, 0.6) is 0 Å². The summed E-state index contributed by atoms with van der Waals surface area (Å²) in [5.74, 6) is 0.634. The molecule has 2 fully saturated rings. The lowest BCUT2D eigenvalue weighted by molar-refractivity contribution is -0.0847. The van der Waals surface area contributed by atoms with Crippen LogP contribution in [0.2, 0.25) is 18.1 Å². The number of amides is 1. The minimum absolute atomic E-state index is 0.0983. The van der Waals surface area contributed by atoms with Crippen molar-refractivity contribution in [1.29, 1.82) is 0 Å². The van der Waals surface area contributed by atoms with Crippen molar-refractivity contribution in [3.8, 4) is 0 Å². The zero-order chi connectivity index (χ0) is 20.1. The molecule has 5 nitrogen and oxygen atoms in total. The molecule has 2 aliphatic rings. The highest BCUT2D eigenvalue weighted by molar-refractivity contribution is 6.74. The summed E-state index contributed by atoms with van der Waals surface area (Å²) < 4.78 is 12.0. The second-order valence-corrected chi connectivity index (χ2v) is 15.7. The number of ether oxygens (including phenoxy) is 1. The highest BCUT2D eigenvalue weighted by Crippen LogP contribution is 2.59. The third-order valence-corrected chi connectivity index (χ3v) is 11.5. The van der Waals surface area contributed by atoms with E-state index in [0.29, 0.717) is 25.0 Å². The van der Waals surface area contributed by atoms with Gasteiger partial charge in [0, 0.05) is 24.6 Å². The largest absolute Gasteiger partial charge is 0.444 e. The zero-order valence-electron chi connectivity index (χ0n) is 18.2. The van der Waals surface area contributed by atoms with E-state index in [1.54, 1.807) is 0 Å². The first kappa shape index (κ1) is 21.7. The van der Waals surface area contributed by atoms with Crippen molar-refractivity contribution in [3.63, 3.8) is 0 Å². The zero-order valence-corrected chi connectivity index (χ0v) is 19.2. The molecule has 1 amide bonds. The van der Waals surface area contributed by atoms with Crippen LogP contribution < -0.4 is 0 Å². The van der Waals surface area contributed by atoms with Gasteiger partial charge in [0.25, 0.3) is 0 Å². The average Bonchev–Trinajstić information content (AvgIpc) is 2.64. The van der Waals surface area contributed by atoms with Crippen LogP contribution in [0.1, 0.15) is 54.9 Å². The molecule has 1 aliphatic carbocycles. The molecule has 0 spiro atoms. The summed E-state index contributed by atoms with van der Waals surface area (Å²) in [5.41, 5.74) is -0.742. The predicted molar refractivity (Wildman–Crippen MR) is 107 cm³/mol. The van der Waals surface area contributed by atoms with Gasteiger partial charge in [0.05, 0.1) is 6.61 Å². The first-order valence-electron chi connectivity index (χ1n) is 9.89. The van der Waals surface area contributed by atoms with Crippen molar-refractivity contribution in [3.05, 3.63) is 0 Å². The van der Waals surface area contributed by atoms with E-state index in [1.165, 1.54) is 0 Å². The number of rotatable bonds is 4. The van der Waals surface area contributed by atoms with Crippen LogP contribution in [0, 0.1) is 17.3 Å². The van der Waals surface area contributed by atoms with Crippen molar-refractivity contribution in [2.75, 3.05) is 19.8 Å². The summed E-state index contributed by atoms with van der Waals surface area (Å²) in [6.07, 6.45) is 0.742. The number of nitrogens with zero attached hydrogens (tertiary/aromatic N) is 1. The van der Waals surface area contributed by atoms with Crippen LogP contribution in [0.15, 0.2) is 0 Å². The predicted octanol–water partition coefficient (Wildman–Crippen LogP) is 4.26. The van der Waals surface area contributed by atoms with Crippen LogP contribution >= 0.6 is 0 Å². The van der Waals surface area contributed by atoms with E-state index in [0.717, 1.165) is 6.42 Å². The number of aliphatic hydroxyl groups is 1. The second kappa shape index (κ2) is 6.78. The van der Waals surface area contributed by atoms with Crippen LogP contribution in [0.4, 0.5) is 4.79 Å². The van der Waals surface area contributed by atoms with Gasteiger partial charge in [-0.1, -0.05) is 20.8 Å². The summed E-state index contributed by atoms with van der Waals surface area (Å²) in [5, 5.41) is 10.4. The Morgan fingerprint density at radius 1 is 1.23 bits per heavy atom. The molecular formula is C20H39NO4Si. The summed E-state index contributed by atoms with van der Waals surface area (Å²) in [4.78, 5) is 14.4. The third-order valence-electron chi connectivity index (χ3n) is 7.00. The second-order valence-electron chi connectivity index (χ2n) is 10.9. The Labute approximate surface area is 160 Å². The maximum Gasteiger partial charge on any atom is 0.410 e. The van der Waals surface area contributed by atoms with Gasteiger partial charge in [-0.2, -0.15) is 0 Å². The van der Waals surface area contributed by atoms with Gasteiger partial charge in [0.2, 0.25) is 0 Å². The molecule has 1 heterocycles. The van der Waals surface area contributed by atoms with Gasteiger partial charge >= 0.3 is 6.09 Å². The number of hydrogen-bond acceptors (Lipinski definition) is 4. The van der Waals surface area contributed by atoms with Crippen molar-refractivity contribution in [2.45, 2.75) is 84.7 Å². The van der Waals surface area contributed by atoms with Crippen molar-refractivity contribution in [2.24, 2.45) is 17.3 Å². The fourth-order valence-corrected chi connectivity index (χ4v) is 5.18. The van der Waals surface area contributed by atoms with E-state index < -0.39 is 13.9 Å². The molecular weight excluding hydrogens is 346 g/mol. The lowest BCUT2D eigenvalue weighted by atomic mass is 9.53. The molecule has 1 saturated carbocycles. The van der Waals surface area contributed by atoms with Crippen molar-refractivity contribution >= 4 is 14.4 Å². The molecule has 0 unspecified atom stereocenters. The van der Waals surface area contributed by atoms with E-state index >= 15 is 0 Å². The minimum atomic E-state index is -1.81. The molecule has 0 aromatic carbocycles. The molecule has 1 N–H and O–H groups in total. The fraction of sp³-hybridized carbons (Fsp3) is 0.950. The van der Waals surface area contributed by atoms with E-state index in [1.807, 2.05) is 25.7 Å². The van der Waals surface area contributed by atoms with Crippen LogP contribution in [-0.2, 0) is 9.16 Å². The highest BCUT2D eigenvalue weighted by atomic mass is 28.4. The van der Waals surface area contributed by atoms with E-state index in [-0.39, 0.29) is 29.2 Å². The summed E-state index contributed by atoms with van der Waals surface area (Å²) in [7, 11) is -1.81. The van der Waals surface area contributed by atoms with E-state index in [9.17, 15) is 9.90 Å². The molecule has 0 radical (unpaired) electrons. The summed E-state index contributed by atoms with van der Waals surface area (Å²) in [6, 6.07) is 0.0983. The molecule has 6 heteroatoms. The monoisotopic (exact) mass is 385 g/mol. The molecule has 1 saturated heterocycles. The number of carbonyl (C=O) groups excluding carboxylic acids is 1. The van der Waals surface area contributed by atoms with Gasteiger partial charge in [-0.3, -0.25) is 0 Å². The van der Waals surface area contributed by atoms with E-state index in [2.05, 4.69) is 40.8 Å². The molecule has 0 bridgehead atoms. The number of hydrogen-bond donors (Lipinski definition) is 1. The van der Waals surface area contributed by atoms with Gasteiger partial charge in [-0.05, 0) is 64.1 Å². The summed E-state index contributed by atoms with van der Waals surface area (Å²) in [6.45, 7) is 20.3. The molecule has 26 heavy (non-hydrogen) atoms. The number of fused-ring (bicyclic) bond motifs is 1. The smallest absolute Gasteiger partial charge is 0.410 e. The van der Waals surface area contributed by atoms with Crippen LogP contribution in [-0.4, -0.2) is 55.8 Å². The normalized spacial score (nSPS) is 32.2. The first-order chi connectivity index (χ1) is 11.6. The molecule has 152 valence electrons. The Morgan fingerprint density at radius 3 is 2.27 bits per heavy atom.